The standard InChI is InChI=1S/C28H26N4O6S/c1-6-38-18-11-10-17(13-19(18)37-5)23-21(24(34)22-14(2)29-20-9-7-8-12-31(20)22)25(35)27(36)32(23)28-30-15(3)26(39-28)16(4)33/h7-13,23,34H,6H2,1-5H3. The van der Waals surface area contributed by atoms with E-state index in [1.807, 2.05) is 13.0 Å². The van der Waals surface area contributed by atoms with E-state index in [9.17, 15) is 19.5 Å². The quantitative estimate of drug-likeness (QED) is 0.154. The minimum atomic E-state index is -1.06. The minimum Gasteiger partial charge on any atom is -0.505 e. The summed E-state index contributed by atoms with van der Waals surface area (Å²) in [5.74, 6) is -1.44. The molecule has 4 heterocycles. The number of amides is 1. The van der Waals surface area contributed by atoms with Crippen LogP contribution in [-0.4, -0.2) is 50.7 Å². The van der Waals surface area contributed by atoms with Crippen LogP contribution in [0.15, 0.2) is 48.2 Å². The third-order valence-electron chi connectivity index (χ3n) is 6.49. The zero-order chi connectivity index (χ0) is 28.0. The molecule has 1 aromatic carbocycles. The van der Waals surface area contributed by atoms with Crippen molar-refractivity contribution in [3.63, 3.8) is 0 Å². The molecule has 1 N–H and O–H groups in total. The van der Waals surface area contributed by atoms with Crippen LogP contribution in [0.1, 0.15) is 52.2 Å². The Labute approximate surface area is 228 Å². The Balaban J connectivity index is 1.79. The molecule has 10 nitrogen and oxygen atoms in total. The number of aryl methyl sites for hydroxylation is 2. The van der Waals surface area contributed by atoms with Crippen LogP contribution in [0.4, 0.5) is 5.13 Å². The molecule has 0 bridgehead atoms. The number of aliphatic hydroxyl groups is 1. The molecule has 1 atom stereocenters. The fraction of sp³-hybridized carbons (Fsp3) is 0.250. The Hall–Kier alpha value is -4.51. The maximum absolute atomic E-state index is 13.6. The van der Waals surface area contributed by atoms with Crippen LogP contribution in [0.25, 0.3) is 11.4 Å². The molecule has 1 amide bonds. The first-order valence-corrected chi connectivity index (χ1v) is 13.0. The molecule has 1 saturated heterocycles. The minimum absolute atomic E-state index is 0.128. The van der Waals surface area contributed by atoms with Crippen molar-refractivity contribution >= 4 is 45.3 Å². The number of Topliss-reactive ketones (excluding diaryl/α,β-unsaturated/α-hetero) is 2. The summed E-state index contributed by atoms with van der Waals surface area (Å²) in [6.45, 7) is 7.06. The van der Waals surface area contributed by atoms with E-state index < -0.39 is 17.7 Å². The van der Waals surface area contributed by atoms with E-state index in [0.29, 0.717) is 51.3 Å². The highest BCUT2D eigenvalue weighted by atomic mass is 32.1. The van der Waals surface area contributed by atoms with Gasteiger partial charge in [0.25, 0.3) is 5.78 Å². The van der Waals surface area contributed by atoms with Crippen molar-refractivity contribution < 1.29 is 29.0 Å². The number of aliphatic hydroxyl groups excluding tert-OH is 1. The second kappa shape index (κ2) is 9.99. The van der Waals surface area contributed by atoms with Crippen LogP contribution in [0.3, 0.4) is 0 Å². The largest absolute Gasteiger partial charge is 0.505 e. The summed E-state index contributed by atoms with van der Waals surface area (Å²) >= 11 is 1.02. The van der Waals surface area contributed by atoms with Gasteiger partial charge in [-0.25, -0.2) is 9.97 Å². The first-order chi connectivity index (χ1) is 18.7. The number of carbonyl (C=O) groups is 3. The van der Waals surface area contributed by atoms with Gasteiger partial charge in [0, 0.05) is 13.1 Å². The number of anilines is 1. The van der Waals surface area contributed by atoms with Gasteiger partial charge in [-0.05, 0) is 50.6 Å². The van der Waals surface area contributed by atoms with Gasteiger partial charge in [0.05, 0.1) is 41.6 Å². The second-order valence-electron chi connectivity index (χ2n) is 8.95. The Kier molecular flexibility index (Phi) is 6.69. The zero-order valence-electron chi connectivity index (χ0n) is 22.0. The highest BCUT2D eigenvalue weighted by molar-refractivity contribution is 7.18. The van der Waals surface area contributed by atoms with Gasteiger partial charge >= 0.3 is 5.91 Å². The number of thiazole rings is 1. The smallest absolute Gasteiger partial charge is 0.301 e. The van der Waals surface area contributed by atoms with Crippen molar-refractivity contribution in [3.8, 4) is 11.5 Å². The Morgan fingerprint density at radius 2 is 1.87 bits per heavy atom. The lowest BCUT2D eigenvalue weighted by Gasteiger charge is -2.24. The van der Waals surface area contributed by atoms with Crippen LogP contribution < -0.4 is 14.4 Å². The van der Waals surface area contributed by atoms with Crippen LogP contribution in [0.2, 0.25) is 0 Å². The van der Waals surface area contributed by atoms with Gasteiger partial charge in [-0.2, -0.15) is 0 Å². The summed E-state index contributed by atoms with van der Waals surface area (Å²) in [5.41, 5.74) is 2.16. The third kappa shape index (κ3) is 4.24. The number of fused-ring (bicyclic) bond motifs is 1. The Morgan fingerprint density at radius 3 is 2.54 bits per heavy atom. The molecule has 1 aliphatic rings. The highest BCUT2D eigenvalue weighted by Gasteiger charge is 2.49. The number of hydrogen-bond donors (Lipinski definition) is 1. The van der Waals surface area contributed by atoms with E-state index in [0.717, 1.165) is 11.3 Å². The van der Waals surface area contributed by atoms with Gasteiger partial charge < -0.3 is 14.6 Å². The predicted octanol–water partition coefficient (Wildman–Crippen LogP) is 4.64. The molecular formula is C28H26N4O6S. The number of rotatable bonds is 7. The number of imidazole rings is 1. The first-order valence-electron chi connectivity index (χ1n) is 12.2. The predicted molar refractivity (Wildman–Crippen MR) is 146 cm³/mol. The average Bonchev–Trinajstić information content (AvgIpc) is 3.54. The molecule has 200 valence electrons. The molecule has 1 fully saturated rings. The van der Waals surface area contributed by atoms with E-state index in [-0.39, 0.29) is 22.2 Å². The lowest BCUT2D eigenvalue weighted by atomic mass is 9.96. The summed E-state index contributed by atoms with van der Waals surface area (Å²) in [4.78, 5) is 49.9. The van der Waals surface area contributed by atoms with Gasteiger partial charge in [0.2, 0.25) is 0 Å². The number of benzene rings is 1. The maximum atomic E-state index is 13.6. The summed E-state index contributed by atoms with van der Waals surface area (Å²) in [7, 11) is 1.49. The van der Waals surface area contributed by atoms with Gasteiger partial charge in [-0.1, -0.05) is 23.5 Å². The lowest BCUT2D eigenvalue weighted by molar-refractivity contribution is -0.132. The van der Waals surface area contributed by atoms with Gasteiger partial charge in [-0.3, -0.25) is 23.7 Å². The molecule has 11 heteroatoms. The van der Waals surface area contributed by atoms with Crippen LogP contribution in [-0.2, 0) is 9.59 Å². The van der Waals surface area contributed by atoms with Crippen LogP contribution in [0, 0.1) is 13.8 Å². The highest BCUT2D eigenvalue weighted by Crippen LogP contribution is 2.45. The molecule has 0 spiro atoms. The van der Waals surface area contributed by atoms with E-state index in [1.165, 1.54) is 18.9 Å². The topological polar surface area (TPSA) is 123 Å². The van der Waals surface area contributed by atoms with Gasteiger partial charge in [-0.15, -0.1) is 0 Å². The van der Waals surface area contributed by atoms with Crippen LogP contribution in [0.5, 0.6) is 11.5 Å². The Morgan fingerprint density at radius 1 is 1.10 bits per heavy atom. The van der Waals surface area contributed by atoms with E-state index >= 15 is 0 Å². The van der Waals surface area contributed by atoms with Gasteiger partial charge in [0.1, 0.15) is 11.3 Å². The van der Waals surface area contributed by atoms with Crippen LogP contribution >= 0.6 is 11.3 Å². The van der Waals surface area contributed by atoms with E-state index in [2.05, 4.69) is 9.97 Å². The maximum Gasteiger partial charge on any atom is 0.301 e. The number of carbonyl (C=O) groups excluding carboxylic acids is 3. The molecule has 0 radical (unpaired) electrons. The fourth-order valence-corrected chi connectivity index (χ4v) is 5.80. The summed E-state index contributed by atoms with van der Waals surface area (Å²) < 4.78 is 12.8. The van der Waals surface area contributed by atoms with Gasteiger partial charge in [0.15, 0.2) is 28.2 Å². The lowest BCUT2D eigenvalue weighted by Crippen LogP contribution is -2.29. The van der Waals surface area contributed by atoms with E-state index in [1.54, 1.807) is 54.8 Å². The van der Waals surface area contributed by atoms with E-state index in [4.69, 9.17) is 9.47 Å². The van der Waals surface area contributed by atoms with Crippen molar-refractivity contribution in [2.45, 2.75) is 33.7 Å². The Bertz CT molecular complexity index is 1680. The molecule has 3 aromatic heterocycles. The third-order valence-corrected chi connectivity index (χ3v) is 7.74. The van der Waals surface area contributed by atoms with Crippen molar-refractivity contribution in [2.75, 3.05) is 18.6 Å². The molecule has 5 rings (SSSR count). The molecule has 0 aliphatic carbocycles. The van der Waals surface area contributed by atoms with Crippen molar-refractivity contribution in [1.82, 2.24) is 14.4 Å². The second-order valence-corrected chi connectivity index (χ2v) is 9.93. The zero-order valence-corrected chi connectivity index (χ0v) is 22.8. The molecule has 39 heavy (non-hydrogen) atoms. The summed E-state index contributed by atoms with van der Waals surface area (Å²) in [5, 5.41) is 11.9. The number of ketones is 2. The SMILES string of the molecule is CCOc1ccc(C2C(=C(O)c3c(C)nc4ccccn34)C(=O)C(=O)N2c2nc(C)c(C(C)=O)s2)cc1OC. The number of pyridine rings is 1. The average molecular weight is 547 g/mol. The normalized spacial score (nSPS) is 16.7. The first kappa shape index (κ1) is 26.1. The molecule has 0 saturated carbocycles. The molecule has 1 aliphatic heterocycles. The molecular weight excluding hydrogens is 520 g/mol. The molecule has 4 aromatic rings. The molecule has 1 unspecified atom stereocenters. The van der Waals surface area contributed by atoms with Crippen molar-refractivity contribution in [2.24, 2.45) is 0 Å². The summed E-state index contributed by atoms with van der Waals surface area (Å²) in [6, 6.07) is 9.36. The van der Waals surface area contributed by atoms with Crippen molar-refractivity contribution in [3.05, 3.63) is 75.7 Å². The monoisotopic (exact) mass is 546 g/mol. The number of aromatic nitrogens is 3. The summed E-state index contributed by atoms with van der Waals surface area (Å²) in [6.07, 6.45) is 1.72. The van der Waals surface area contributed by atoms with Crippen molar-refractivity contribution in [1.29, 1.82) is 0 Å². The fourth-order valence-electron chi connectivity index (χ4n) is 4.81. The number of ether oxygens (including phenoxy) is 2. The number of nitrogens with zero attached hydrogens (tertiary/aromatic N) is 4. The number of methoxy groups -OCH3 is 1. The number of hydrogen-bond acceptors (Lipinski definition) is 9.